The molecule has 0 aromatic heterocycles. The van der Waals surface area contributed by atoms with E-state index in [2.05, 4.69) is 10.2 Å². The van der Waals surface area contributed by atoms with E-state index in [1.54, 1.807) is 32.4 Å². The van der Waals surface area contributed by atoms with Crippen LogP contribution in [0.3, 0.4) is 0 Å². The van der Waals surface area contributed by atoms with Crippen LogP contribution >= 0.6 is 0 Å². The van der Waals surface area contributed by atoms with Gasteiger partial charge in [-0.2, -0.15) is 0 Å². The summed E-state index contributed by atoms with van der Waals surface area (Å²) in [6.45, 7) is 4.79. The van der Waals surface area contributed by atoms with E-state index in [4.69, 9.17) is 19.9 Å². The monoisotopic (exact) mass is 371 g/mol. The normalized spacial score (nSPS) is 14.0. The van der Waals surface area contributed by atoms with E-state index in [1.807, 2.05) is 19.1 Å². The molecule has 0 aliphatic carbocycles. The number of rotatable bonds is 5. The lowest BCUT2D eigenvalue weighted by atomic mass is 10.1. The first-order chi connectivity index (χ1) is 13.0. The molecule has 3 rings (SSSR count). The van der Waals surface area contributed by atoms with E-state index in [1.165, 1.54) is 0 Å². The van der Waals surface area contributed by atoms with Gasteiger partial charge in [-0.1, -0.05) is 0 Å². The third-order valence-electron chi connectivity index (χ3n) is 4.59. The fraction of sp³-hybridized carbons (Fsp3) is 0.350. The van der Waals surface area contributed by atoms with Gasteiger partial charge in [0.2, 0.25) is 0 Å². The number of carbonyl (C=O) groups excluding carboxylic acids is 1. The second-order valence-corrected chi connectivity index (χ2v) is 6.38. The number of hydrogen-bond donors (Lipinski definition) is 2. The Labute approximate surface area is 159 Å². The highest BCUT2D eigenvalue weighted by molar-refractivity contribution is 6.05. The number of benzene rings is 2. The van der Waals surface area contributed by atoms with Crippen molar-refractivity contribution in [2.45, 2.75) is 6.92 Å². The summed E-state index contributed by atoms with van der Waals surface area (Å²) < 4.78 is 15.9. The van der Waals surface area contributed by atoms with Gasteiger partial charge in [0.05, 0.1) is 38.8 Å². The van der Waals surface area contributed by atoms with Crippen molar-refractivity contribution in [2.24, 2.45) is 0 Å². The number of nitrogens with two attached hydrogens (primary N) is 1. The van der Waals surface area contributed by atoms with Crippen LogP contribution in [0, 0.1) is 6.92 Å². The number of aryl methyl sites for hydroxylation is 1. The number of nitrogen functional groups attached to an aromatic ring is 1. The molecule has 3 N–H and O–H groups in total. The minimum Gasteiger partial charge on any atom is -0.497 e. The third-order valence-corrected chi connectivity index (χ3v) is 4.59. The van der Waals surface area contributed by atoms with E-state index < -0.39 is 0 Å². The molecule has 7 nitrogen and oxygen atoms in total. The SMILES string of the molecule is COc1cc(OC)cc(C(=O)Nc2cc(N3CCOCC3)c(N)cc2C)c1. The molecule has 144 valence electrons. The number of anilines is 3. The zero-order chi connectivity index (χ0) is 19.4. The first kappa shape index (κ1) is 18.8. The summed E-state index contributed by atoms with van der Waals surface area (Å²) >= 11 is 0. The Balaban J connectivity index is 1.87. The zero-order valence-electron chi connectivity index (χ0n) is 15.9. The molecule has 2 aromatic rings. The second-order valence-electron chi connectivity index (χ2n) is 6.38. The largest absolute Gasteiger partial charge is 0.497 e. The summed E-state index contributed by atoms with van der Waals surface area (Å²) in [7, 11) is 3.10. The summed E-state index contributed by atoms with van der Waals surface area (Å²) in [6, 6.07) is 8.88. The van der Waals surface area contributed by atoms with Crippen LogP contribution in [0.1, 0.15) is 15.9 Å². The Morgan fingerprint density at radius 1 is 1.07 bits per heavy atom. The molecule has 0 atom stereocenters. The van der Waals surface area contributed by atoms with Crippen molar-refractivity contribution in [1.29, 1.82) is 0 Å². The van der Waals surface area contributed by atoms with Crippen molar-refractivity contribution in [3.05, 3.63) is 41.5 Å². The summed E-state index contributed by atoms with van der Waals surface area (Å²) in [5.41, 5.74) is 9.88. The fourth-order valence-electron chi connectivity index (χ4n) is 3.06. The van der Waals surface area contributed by atoms with Gasteiger partial charge in [-0.3, -0.25) is 4.79 Å². The van der Waals surface area contributed by atoms with Crippen molar-refractivity contribution in [1.82, 2.24) is 0 Å². The van der Waals surface area contributed by atoms with E-state index in [0.717, 1.165) is 30.0 Å². The molecule has 0 spiro atoms. The van der Waals surface area contributed by atoms with Crippen molar-refractivity contribution in [3.63, 3.8) is 0 Å². The van der Waals surface area contributed by atoms with Crippen LogP contribution in [0.5, 0.6) is 11.5 Å². The fourth-order valence-corrected chi connectivity index (χ4v) is 3.06. The van der Waals surface area contributed by atoms with Crippen molar-refractivity contribution in [2.75, 3.05) is 56.5 Å². The Morgan fingerprint density at radius 2 is 1.70 bits per heavy atom. The number of hydrogen-bond acceptors (Lipinski definition) is 6. The molecule has 0 saturated carbocycles. The first-order valence-corrected chi connectivity index (χ1v) is 8.79. The Bertz CT molecular complexity index is 810. The number of morpholine rings is 1. The number of nitrogens with one attached hydrogen (secondary N) is 1. The highest BCUT2D eigenvalue weighted by atomic mass is 16.5. The van der Waals surface area contributed by atoms with Gasteiger partial charge in [0.15, 0.2) is 0 Å². The number of nitrogens with zero attached hydrogens (tertiary/aromatic N) is 1. The quantitative estimate of drug-likeness (QED) is 0.786. The summed E-state index contributed by atoms with van der Waals surface area (Å²) in [5.74, 6) is 0.873. The summed E-state index contributed by atoms with van der Waals surface area (Å²) in [4.78, 5) is 15.0. The molecular formula is C20H25N3O4. The van der Waals surface area contributed by atoms with Crippen LogP contribution in [0.2, 0.25) is 0 Å². The first-order valence-electron chi connectivity index (χ1n) is 8.79. The highest BCUT2D eigenvalue weighted by Gasteiger charge is 2.17. The van der Waals surface area contributed by atoms with Gasteiger partial charge in [0.1, 0.15) is 11.5 Å². The third kappa shape index (κ3) is 4.25. The molecular weight excluding hydrogens is 346 g/mol. The van der Waals surface area contributed by atoms with Crippen molar-refractivity contribution in [3.8, 4) is 11.5 Å². The van der Waals surface area contributed by atoms with Gasteiger partial charge < -0.3 is 30.2 Å². The maximum absolute atomic E-state index is 12.8. The van der Waals surface area contributed by atoms with Crippen LogP contribution in [-0.4, -0.2) is 46.4 Å². The van der Waals surface area contributed by atoms with Gasteiger partial charge >= 0.3 is 0 Å². The summed E-state index contributed by atoms with van der Waals surface area (Å²) in [5, 5.41) is 2.97. The molecule has 1 fully saturated rings. The van der Waals surface area contributed by atoms with Crippen LogP contribution in [-0.2, 0) is 4.74 Å². The number of ether oxygens (including phenoxy) is 3. The van der Waals surface area contributed by atoms with E-state index >= 15 is 0 Å². The lowest BCUT2D eigenvalue weighted by molar-refractivity contribution is 0.102. The second kappa shape index (κ2) is 8.18. The molecule has 27 heavy (non-hydrogen) atoms. The maximum atomic E-state index is 12.8. The average Bonchev–Trinajstić information content (AvgIpc) is 2.70. The average molecular weight is 371 g/mol. The smallest absolute Gasteiger partial charge is 0.255 e. The van der Waals surface area contributed by atoms with Crippen molar-refractivity contribution < 1.29 is 19.0 Å². The minimum atomic E-state index is -0.243. The summed E-state index contributed by atoms with van der Waals surface area (Å²) in [6.07, 6.45) is 0. The Morgan fingerprint density at radius 3 is 2.30 bits per heavy atom. The lowest BCUT2D eigenvalue weighted by Crippen LogP contribution is -2.36. The maximum Gasteiger partial charge on any atom is 0.255 e. The number of carbonyl (C=O) groups is 1. The highest BCUT2D eigenvalue weighted by Crippen LogP contribution is 2.31. The molecule has 0 radical (unpaired) electrons. The predicted molar refractivity (Wildman–Crippen MR) is 106 cm³/mol. The lowest BCUT2D eigenvalue weighted by Gasteiger charge is -2.30. The van der Waals surface area contributed by atoms with Crippen molar-refractivity contribution >= 4 is 23.0 Å². The molecule has 1 aliphatic rings. The van der Waals surface area contributed by atoms with Gasteiger partial charge in [-0.05, 0) is 36.8 Å². The molecule has 0 unspecified atom stereocenters. The molecule has 0 bridgehead atoms. The van der Waals surface area contributed by atoms with Gasteiger partial charge in [0.25, 0.3) is 5.91 Å². The predicted octanol–water partition coefficient (Wildman–Crippen LogP) is 2.68. The van der Waals surface area contributed by atoms with E-state index in [0.29, 0.717) is 36.0 Å². The number of methoxy groups -OCH3 is 2. The Hall–Kier alpha value is -2.93. The molecule has 1 amide bonds. The van der Waals surface area contributed by atoms with Gasteiger partial charge in [-0.15, -0.1) is 0 Å². The molecule has 1 saturated heterocycles. The van der Waals surface area contributed by atoms with E-state index in [-0.39, 0.29) is 5.91 Å². The van der Waals surface area contributed by atoms with Crippen LogP contribution in [0.25, 0.3) is 0 Å². The van der Waals surface area contributed by atoms with Crippen LogP contribution in [0.15, 0.2) is 30.3 Å². The van der Waals surface area contributed by atoms with E-state index in [9.17, 15) is 4.79 Å². The standard InChI is InChI=1S/C20H25N3O4/c1-13-8-17(21)19(23-4-6-27-7-5-23)12-18(13)22-20(24)14-9-15(25-2)11-16(10-14)26-3/h8-12H,4-7,21H2,1-3H3,(H,22,24). The zero-order valence-corrected chi connectivity index (χ0v) is 15.9. The Kier molecular flexibility index (Phi) is 5.71. The van der Waals surface area contributed by atoms with Crippen LogP contribution < -0.4 is 25.4 Å². The molecule has 1 aliphatic heterocycles. The minimum absolute atomic E-state index is 0.243. The molecule has 7 heteroatoms. The van der Waals surface area contributed by atoms with Crippen LogP contribution in [0.4, 0.5) is 17.1 Å². The molecule has 1 heterocycles. The topological polar surface area (TPSA) is 86.0 Å². The number of amides is 1. The van der Waals surface area contributed by atoms with Gasteiger partial charge in [-0.25, -0.2) is 0 Å². The molecule has 2 aromatic carbocycles. The van der Waals surface area contributed by atoms with Gasteiger partial charge in [0, 0.05) is 30.4 Å².